The van der Waals surface area contributed by atoms with Gasteiger partial charge in [0, 0.05) is 12.1 Å². The summed E-state index contributed by atoms with van der Waals surface area (Å²) in [6.45, 7) is 0.546. The van der Waals surface area contributed by atoms with E-state index < -0.39 is 65.9 Å². The molecule has 0 bridgehead atoms. The Labute approximate surface area is 188 Å². The van der Waals surface area contributed by atoms with Crippen LogP contribution in [0.5, 0.6) is 0 Å². The molecular formula is C20H23F9N2O3. The van der Waals surface area contributed by atoms with Gasteiger partial charge in [0.1, 0.15) is 6.54 Å². The highest BCUT2D eigenvalue weighted by atomic mass is 19.4. The van der Waals surface area contributed by atoms with Crippen LogP contribution in [0.15, 0.2) is 18.2 Å². The Balaban J connectivity index is 2.05. The van der Waals surface area contributed by atoms with Crippen molar-refractivity contribution in [1.29, 1.82) is 0 Å². The van der Waals surface area contributed by atoms with E-state index in [0.29, 0.717) is 12.1 Å². The molecule has 1 fully saturated rings. The highest BCUT2D eigenvalue weighted by Crippen LogP contribution is 2.38. The van der Waals surface area contributed by atoms with Gasteiger partial charge in [-0.05, 0) is 50.5 Å². The molecular weight excluding hydrogens is 487 g/mol. The van der Waals surface area contributed by atoms with E-state index in [1.165, 1.54) is 6.92 Å². The van der Waals surface area contributed by atoms with Crippen molar-refractivity contribution in [2.45, 2.75) is 62.5 Å². The third-order valence-electron chi connectivity index (χ3n) is 5.50. The lowest BCUT2D eigenvalue weighted by Gasteiger charge is -2.42. The Morgan fingerprint density at radius 1 is 1.06 bits per heavy atom. The fourth-order valence-corrected chi connectivity index (χ4v) is 3.30. The van der Waals surface area contributed by atoms with Gasteiger partial charge in [-0.15, -0.1) is 0 Å². The third-order valence-corrected chi connectivity index (χ3v) is 5.50. The van der Waals surface area contributed by atoms with Crippen molar-refractivity contribution in [2.75, 3.05) is 19.7 Å². The zero-order chi connectivity index (χ0) is 26.2. The van der Waals surface area contributed by atoms with Crippen molar-refractivity contribution in [1.82, 2.24) is 10.6 Å². The summed E-state index contributed by atoms with van der Waals surface area (Å²) in [5, 5.41) is 14.7. The molecule has 1 aliphatic rings. The van der Waals surface area contributed by atoms with E-state index in [4.69, 9.17) is 4.74 Å². The van der Waals surface area contributed by atoms with E-state index in [1.54, 1.807) is 12.2 Å². The molecule has 0 spiro atoms. The van der Waals surface area contributed by atoms with Crippen molar-refractivity contribution >= 4 is 5.91 Å². The summed E-state index contributed by atoms with van der Waals surface area (Å²) in [4.78, 5) is 11.9. The fraction of sp³-hybridized carbons (Fsp3) is 0.650. The lowest BCUT2D eigenvalue weighted by Crippen LogP contribution is -2.63. The van der Waals surface area contributed by atoms with Crippen LogP contribution in [0, 0.1) is 0 Å². The maximum Gasteiger partial charge on any atom is 0.416 e. The number of hydrogen-bond donors (Lipinski definition) is 3. The molecule has 1 amide bonds. The monoisotopic (exact) mass is 510 g/mol. The van der Waals surface area contributed by atoms with Crippen LogP contribution in [0.25, 0.3) is 0 Å². The summed E-state index contributed by atoms with van der Waals surface area (Å²) >= 11 is 0. The molecule has 0 radical (unpaired) electrons. The normalized spacial score (nSPS) is 25.2. The number of amides is 1. The second kappa shape index (κ2) is 9.53. The van der Waals surface area contributed by atoms with Crippen LogP contribution in [0.3, 0.4) is 0 Å². The second-order valence-electron chi connectivity index (χ2n) is 8.54. The summed E-state index contributed by atoms with van der Waals surface area (Å²) in [6, 6.07) is 1.12. The van der Waals surface area contributed by atoms with Crippen LogP contribution < -0.4 is 10.6 Å². The van der Waals surface area contributed by atoms with E-state index in [0.717, 1.165) is 0 Å². The Morgan fingerprint density at radius 3 is 2.00 bits per heavy atom. The van der Waals surface area contributed by atoms with Crippen molar-refractivity contribution in [3.63, 3.8) is 0 Å². The Hall–Kier alpha value is -2.06. The van der Waals surface area contributed by atoms with Crippen molar-refractivity contribution in [2.24, 2.45) is 0 Å². The van der Waals surface area contributed by atoms with Gasteiger partial charge in [-0.3, -0.25) is 4.79 Å². The van der Waals surface area contributed by atoms with Crippen molar-refractivity contribution < 1.29 is 54.2 Å². The lowest BCUT2D eigenvalue weighted by atomic mass is 9.82. The molecule has 1 heterocycles. The predicted molar refractivity (Wildman–Crippen MR) is 100 cm³/mol. The standard InChI is InChI=1S/C20H23F9N2O3/c1-11(12-5-13(19(24,25)26)7-14(6-12)20(27,28)29)34-10-16(2)3-4-17(33,8-31-16)15(32)30-9-18(21,22)23/h5-7,11,31,33H,3-4,8-10H2,1-2H3,(H,30,32)/t11-,16-,17?/m1/s1. The van der Waals surface area contributed by atoms with E-state index in [1.807, 2.05) is 0 Å². The van der Waals surface area contributed by atoms with Gasteiger partial charge in [0.2, 0.25) is 0 Å². The molecule has 3 N–H and O–H groups in total. The number of piperidine rings is 1. The third kappa shape index (κ3) is 7.47. The zero-order valence-corrected chi connectivity index (χ0v) is 18.0. The molecule has 5 nitrogen and oxygen atoms in total. The average Bonchev–Trinajstić information content (AvgIpc) is 2.70. The van der Waals surface area contributed by atoms with Crippen LogP contribution in [0.1, 0.15) is 49.5 Å². The van der Waals surface area contributed by atoms with Crippen LogP contribution in [0.4, 0.5) is 39.5 Å². The van der Waals surface area contributed by atoms with Gasteiger partial charge >= 0.3 is 18.5 Å². The number of alkyl halides is 9. The van der Waals surface area contributed by atoms with Gasteiger partial charge in [0.15, 0.2) is 5.60 Å². The van der Waals surface area contributed by atoms with Crippen LogP contribution in [0.2, 0.25) is 0 Å². The molecule has 3 atom stereocenters. The summed E-state index contributed by atoms with van der Waals surface area (Å²) < 4.78 is 121. The number of benzene rings is 1. The first-order chi connectivity index (χ1) is 15.2. The summed E-state index contributed by atoms with van der Waals surface area (Å²) in [5.41, 5.74) is -6.41. The lowest BCUT2D eigenvalue weighted by molar-refractivity contribution is -0.154. The maximum absolute atomic E-state index is 13.1. The van der Waals surface area contributed by atoms with Crippen LogP contribution in [-0.2, 0) is 21.9 Å². The minimum Gasteiger partial charge on any atom is -0.379 e. The van der Waals surface area contributed by atoms with Crippen molar-refractivity contribution in [3.05, 3.63) is 34.9 Å². The fourth-order valence-electron chi connectivity index (χ4n) is 3.30. The molecule has 194 valence electrons. The number of β-amino-alcohol motifs (C(OH)–C–C–N with tert-alkyl or cyclic N) is 1. The number of hydrogen-bond acceptors (Lipinski definition) is 4. The Bertz CT molecular complexity index is 841. The summed E-state index contributed by atoms with van der Waals surface area (Å²) in [7, 11) is 0. The molecule has 0 aliphatic carbocycles. The number of rotatable bonds is 6. The number of carbonyl (C=O) groups is 1. The van der Waals surface area contributed by atoms with Crippen molar-refractivity contribution in [3.8, 4) is 0 Å². The molecule has 1 saturated heterocycles. The van der Waals surface area contributed by atoms with E-state index in [-0.39, 0.29) is 31.1 Å². The molecule has 14 heteroatoms. The minimum atomic E-state index is -5.01. The Morgan fingerprint density at radius 2 is 1.59 bits per heavy atom. The number of aliphatic hydroxyl groups is 1. The number of carbonyl (C=O) groups excluding carboxylic acids is 1. The van der Waals surface area contributed by atoms with Gasteiger partial charge in [-0.2, -0.15) is 39.5 Å². The second-order valence-corrected chi connectivity index (χ2v) is 8.54. The highest BCUT2D eigenvalue weighted by molar-refractivity contribution is 5.85. The van der Waals surface area contributed by atoms with Gasteiger partial charge in [0.05, 0.1) is 23.8 Å². The van der Waals surface area contributed by atoms with Gasteiger partial charge in [-0.1, -0.05) is 0 Å². The SMILES string of the molecule is C[C@@H](OC[C@@]1(C)CCC(O)(C(=O)NCC(F)(F)F)CN1)c1cc(C(F)(F)F)cc(C(F)(F)F)c1. The molecule has 1 aliphatic heterocycles. The van der Waals surface area contributed by atoms with E-state index in [2.05, 4.69) is 5.32 Å². The molecule has 0 aromatic heterocycles. The molecule has 2 rings (SSSR count). The first-order valence-electron chi connectivity index (χ1n) is 9.98. The van der Waals surface area contributed by atoms with Gasteiger partial charge < -0.3 is 20.5 Å². The molecule has 0 saturated carbocycles. The van der Waals surface area contributed by atoms with Crippen LogP contribution >= 0.6 is 0 Å². The highest BCUT2D eigenvalue weighted by Gasteiger charge is 2.45. The van der Waals surface area contributed by atoms with Gasteiger partial charge in [-0.25, -0.2) is 0 Å². The topological polar surface area (TPSA) is 70.6 Å². The number of halogens is 9. The van der Waals surface area contributed by atoms with E-state index in [9.17, 15) is 49.4 Å². The first kappa shape index (κ1) is 28.2. The first-order valence-corrected chi connectivity index (χ1v) is 9.98. The number of ether oxygens (including phenoxy) is 1. The molecule has 34 heavy (non-hydrogen) atoms. The van der Waals surface area contributed by atoms with E-state index >= 15 is 0 Å². The molecule has 1 aromatic carbocycles. The summed E-state index contributed by atoms with van der Waals surface area (Å²) in [5.74, 6) is -1.22. The Kier molecular flexibility index (Phi) is 7.90. The number of nitrogens with one attached hydrogen (secondary N) is 2. The predicted octanol–water partition coefficient (Wildman–Crippen LogP) is 4.35. The zero-order valence-electron chi connectivity index (χ0n) is 18.0. The minimum absolute atomic E-state index is 0.00485. The smallest absolute Gasteiger partial charge is 0.379 e. The molecule has 1 aromatic rings. The largest absolute Gasteiger partial charge is 0.416 e. The maximum atomic E-state index is 13.1. The quantitative estimate of drug-likeness (QED) is 0.498. The van der Waals surface area contributed by atoms with Gasteiger partial charge in [0.25, 0.3) is 5.91 Å². The summed E-state index contributed by atoms with van der Waals surface area (Å²) in [6.07, 6.45) is -16.1. The molecule has 1 unspecified atom stereocenters. The van der Waals surface area contributed by atoms with Crippen LogP contribution in [-0.4, -0.2) is 48.0 Å². The average molecular weight is 510 g/mol.